The zero-order chi connectivity index (χ0) is 16.6. The molecule has 0 aromatic heterocycles. The predicted octanol–water partition coefficient (Wildman–Crippen LogP) is 3.31. The molecule has 2 aliphatic rings. The molecule has 138 valence electrons. The van der Waals surface area contributed by atoms with E-state index in [1.807, 2.05) is 0 Å². The second-order valence-corrected chi connectivity index (χ2v) is 6.74. The molecular weight excluding hydrogens is 423 g/mol. The van der Waals surface area contributed by atoms with E-state index >= 15 is 0 Å². The lowest BCUT2D eigenvalue weighted by atomic mass is 10.2. The van der Waals surface area contributed by atoms with Gasteiger partial charge in [0.15, 0.2) is 5.96 Å². The molecule has 3 rings (SSSR count). The first-order valence-corrected chi connectivity index (χ1v) is 9.32. The lowest BCUT2D eigenvalue weighted by molar-refractivity contribution is 0.194. The van der Waals surface area contributed by atoms with Crippen LogP contribution in [-0.4, -0.2) is 61.6 Å². The fourth-order valence-electron chi connectivity index (χ4n) is 2.99. The van der Waals surface area contributed by atoms with Crippen molar-refractivity contribution in [2.24, 2.45) is 10.9 Å². The lowest BCUT2D eigenvalue weighted by Gasteiger charge is -2.36. The summed E-state index contributed by atoms with van der Waals surface area (Å²) in [5.41, 5.74) is 1.28. The van der Waals surface area contributed by atoms with Crippen LogP contribution in [0.15, 0.2) is 41.4 Å². The third-order valence-corrected chi connectivity index (χ3v) is 4.68. The first-order chi connectivity index (χ1) is 11.8. The van der Waals surface area contributed by atoms with Crippen molar-refractivity contribution in [1.82, 2.24) is 15.1 Å². The molecule has 1 saturated carbocycles. The van der Waals surface area contributed by atoms with E-state index in [0.29, 0.717) is 0 Å². The van der Waals surface area contributed by atoms with Crippen molar-refractivity contribution >= 4 is 36.0 Å². The Morgan fingerprint density at radius 3 is 2.52 bits per heavy atom. The maximum absolute atomic E-state index is 4.82. The summed E-state index contributed by atoms with van der Waals surface area (Å²) in [6.07, 6.45) is 7.22. The smallest absolute Gasteiger partial charge is 0.194 e. The number of nitrogens with one attached hydrogen (secondary N) is 1. The number of guanidine groups is 1. The molecule has 1 N–H and O–H groups in total. The average Bonchev–Trinajstić information content (AvgIpc) is 3.45. The maximum atomic E-state index is 4.82. The van der Waals surface area contributed by atoms with Gasteiger partial charge in [0, 0.05) is 45.8 Å². The SMILES string of the molecule is CCNC(=NCC1CC1)N1CCN(C/C=C/c2ccccc2)CC1.I. The summed E-state index contributed by atoms with van der Waals surface area (Å²) in [6.45, 7) is 9.47. The van der Waals surface area contributed by atoms with E-state index in [4.69, 9.17) is 4.99 Å². The Hall–Kier alpha value is -1.08. The topological polar surface area (TPSA) is 30.9 Å². The van der Waals surface area contributed by atoms with Crippen LogP contribution < -0.4 is 5.32 Å². The number of aliphatic imine (C=N–C) groups is 1. The number of piperazine rings is 1. The van der Waals surface area contributed by atoms with Crippen molar-refractivity contribution in [2.45, 2.75) is 19.8 Å². The van der Waals surface area contributed by atoms with Gasteiger partial charge >= 0.3 is 0 Å². The summed E-state index contributed by atoms with van der Waals surface area (Å²) < 4.78 is 0. The summed E-state index contributed by atoms with van der Waals surface area (Å²) in [7, 11) is 0. The summed E-state index contributed by atoms with van der Waals surface area (Å²) in [4.78, 5) is 9.76. The molecule has 0 unspecified atom stereocenters. The van der Waals surface area contributed by atoms with Crippen molar-refractivity contribution in [1.29, 1.82) is 0 Å². The van der Waals surface area contributed by atoms with Crippen molar-refractivity contribution in [3.8, 4) is 0 Å². The van der Waals surface area contributed by atoms with Crippen molar-refractivity contribution in [3.63, 3.8) is 0 Å². The van der Waals surface area contributed by atoms with E-state index in [1.54, 1.807) is 0 Å². The van der Waals surface area contributed by atoms with Gasteiger partial charge in [-0.3, -0.25) is 9.89 Å². The molecule has 0 radical (unpaired) electrons. The summed E-state index contributed by atoms with van der Waals surface area (Å²) in [5.74, 6) is 1.96. The van der Waals surface area contributed by atoms with Crippen LogP contribution in [0.1, 0.15) is 25.3 Å². The third-order valence-electron chi connectivity index (χ3n) is 4.68. The fourth-order valence-corrected chi connectivity index (χ4v) is 2.99. The Kier molecular flexibility index (Phi) is 8.75. The molecule has 1 aromatic carbocycles. The van der Waals surface area contributed by atoms with E-state index < -0.39 is 0 Å². The van der Waals surface area contributed by atoms with Crippen LogP contribution in [-0.2, 0) is 0 Å². The summed E-state index contributed by atoms with van der Waals surface area (Å²) in [6, 6.07) is 10.5. The molecule has 5 heteroatoms. The zero-order valence-electron chi connectivity index (χ0n) is 15.2. The number of hydrogen-bond acceptors (Lipinski definition) is 2. The molecule has 1 saturated heterocycles. The molecule has 25 heavy (non-hydrogen) atoms. The maximum Gasteiger partial charge on any atom is 0.194 e. The Morgan fingerprint density at radius 2 is 1.88 bits per heavy atom. The van der Waals surface area contributed by atoms with Gasteiger partial charge in [0.25, 0.3) is 0 Å². The molecule has 1 aliphatic heterocycles. The van der Waals surface area contributed by atoms with Crippen LogP contribution in [0.2, 0.25) is 0 Å². The Labute approximate surface area is 169 Å². The van der Waals surface area contributed by atoms with Gasteiger partial charge in [-0.25, -0.2) is 0 Å². The average molecular weight is 454 g/mol. The molecule has 4 nitrogen and oxygen atoms in total. The third kappa shape index (κ3) is 6.98. The normalized spacial score (nSPS) is 19.1. The first-order valence-electron chi connectivity index (χ1n) is 9.32. The van der Waals surface area contributed by atoms with Gasteiger partial charge < -0.3 is 10.2 Å². The molecule has 0 bridgehead atoms. The highest BCUT2D eigenvalue weighted by molar-refractivity contribution is 14.0. The van der Waals surface area contributed by atoms with Crippen molar-refractivity contribution in [3.05, 3.63) is 42.0 Å². The van der Waals surface area contributed by atoms with E-state index in [-0.39, 0.29) is 24.0 Å². The molecule has 1 heterocycles. The van der Waals surface area contributed by atoms with Gasteiger partial charge in [0.05, 0.1) is 0 Å². The second kappa shape index (κ2) is 10.8. The van der Waals surface area contributed by atoms with Crippen molar-refractivity contribution in [2.75, 3.05) is 45.8 Å². The minimum Gasteiger partial charge on any atom is -0.357 e. The Bertz CT molecular complexity index is 546. The molecule has 0 spiro atoms. The number of benzene rings is 1. The van der Waals surface area contributed by atoms with Crippen LogP contribution in [0.5, 0.6) is 0 Å². The van der Waals surface area contributed by atoms with Gasteiger partial charge in [-0.2, -0.15) is 0 Å². The summed E-state index contributed by atoms with van der Waals surface area (Å²) >= 11 is 0. The monoisotopic (exact) mass is 454 g/mol. The lowest BCUT2D eigenvalue weighted by Crippen LogP contribution is -2.52. The van der Waals surface area contributed by atoms with Crippen LogP contribution in [0.3, 0.4) is 0 Å². The van der Waals surface area contributed by atoms with Gasteiger partial charge in [-0.1, -0.05) is 42.5 Å². The van der Waals surface area contributed by atoms with Crippen LogP contribution in [0, 0.1) is 5.92 Å². The molecule has 0 amide bonds. The Balaban J connectivity index is 0.00000225. The van der Waals surface area contributed by atoms with E-state index in [1.165, 1.54) is 18.4 Å². The molecule has 1 aliphatic carbocycles. The van der Waals surface area contributed by atoms with E-state index in [2.05, 4.69) is 64.5 Å². The van der Waals surface area contributed by atoms with Crippen LogP contribution >= 0.6 is 24.0 Å². The largest absolute Gasteiger partial charge is 0.357 e. The highest BCUT2D eigenvalue weighted by Crippen LogP contribution is 2.28. The number of hydrogen-bond donors (Lipinski definition) is 1. The highest BCUT2D eigenvalue weighted by atomic mass is 127. The minimum atomic E-state index is 0. The zero-order valence-corrected chi connectivity index (χ0v) is 17.6. The standard InChI is InChI=1S/C20H30N4.HI/c1-2-21-20(22-17-19-10-11-19)24-15-13-23(14-16-24)12-6-9-18-7-4-3-5-8-18;/h3-9,19H,2,10-17H2,1H3,(H,21,22);1H/b9-6+;. The molecular formula is C20H31IN4. The minimum absolute atomic E-state index is 0. The van der Waals surface area contributed by atoms with E-state index in [9.17, 15) is 0 Å². The quantitative estimate of drug-likeness (QED) is 0.407. The molecule has 1 aromatic rings. The first kappa shape index (κ1) is 20.2. The number of nitrogens with zero attached hydrogens (tertiary/aromatic N) is 3. The summed E-state index contributed by atoms with van der Waals surface area (Å²) in [5, 5.41) is 3.46. The van der Waals surface area contributed by atoms with Crippen LogP contribution in [0.4, 0.5) is 0 Å². The van der Waals surface area contributed by atoms with Gasteiger partial charge in [-0.15, -0.1) is 24.0 Å². The van der Waals surface area contributed by atoms with Gasteiger partial charge in [-0.05, 0) is 31.2 Å². The molecule has 0 atom stereocenters. The Morgan fingerprint density at radius 1 is 1.16 bits per heavy atom. The predicted molar refractivity (Wildman–Crippen MR) is 118 cm³/mol. The second-order valence-electron chi connectivity index (χ2n) is 6.74. The number of rotatable bonds is 6. The van der Waals surface area contributed by atoms with E-state index in [0.717, 1.165) is 57.7 Å². The highest BCUT2D eigenvalue weighted by Gasteiger charge is 2.23. The number of halogens is 1. The van der Waals surface area contributed by atoms with Crippen molar-refractivity contribution < 1.29 is 0 Å². The fraction of sp³-hybridized carbons (Fsp3) is 0.550. The molecule has 2 fully saturated rings. The van der Waals surface area contributed by atoms with Gasteiger partial charge in [0.2, 0.25) is 0 Å². The van der Waals surface area contributed by atoms with Gasteiger partial charge in [0.1, 0.15) is 0 Å². The van der Waals surface area contributed by atoms with Crippen LogP contribution in [0.25, 0.3) is 6.08 Å².